The lowest BCUT2D eigenvalue weighted by molar-refractivity contribution is 0.100. The van der Waals surface area contributed by atoms with Crippen LogP contribution >= 0.6 is 0 Å². The smallest absolute Gasteiger partial charge is 0.248 e. The lowest BCUT2D eigenvalue weighted by Crippen LogP contribution is -2.10. The summed E-state index contributed by atoms with van der Waals surface area (Å²) in [5.41, 5.74) is 7.23. The van der Waals surface area contributed by atoms with Gasteiger partial charge in [0, 0.05) is 11.1 Å². The number of aliphatic imine (C=N–C) groups is 1. The topological polar surface area (TPSA) is 88.8 Å². The number of carbonyl (C=O) groups excluding carboxylic acids is 1. The van der Waals surface area contributed by atoms with E-state index in [0.717, 1.165) is 5.56 Å². The summed E-state index contributed by atoms with van der Waals surface area (Å²) in [6.07, 6.45) is 1.60. The zero-order valence-corrected chi connectivity index (χ0v) is 12.1. The molecule has 0 saturated carbocycles. The first-order valence-corrected chi connectivity index (χ1v) is 6.95. The summed E-state index contributed by atoms with van der Waals surface area (Å²) in [6.45, 7) is 0. The van der Waals surface area contributed by atoms with Crippen molar-refractivity contribution in [2.24, 2.45) is 10.7 Å². The van der Waals surface area contributed by atoms with E-state index in [2.05, 4.69) is 4.99 Å². The van der Waals surface area contributed by atoms with Crippen LogP contribution in [0, 0.1) is 0 Å². The van der Waals surface area contributed by atoms with Gasteiger partial charge < -0.3 is 15.3 Å². The van der Waals surface area contributed by atoms with Crippen molar-refractivity contribution >= 4 is 17.8 Å². The van der Waals surface area contributed by atoms with Gasteiger partial charge in [0.2, 0.25) is 5.91 Å². The molecule has 0 spiro atoms. The predicted molar refractivity (Wildman–Crippen MR) is 88.0 cm³/mol. The van der Waals surface area contributed by atoms with E-state index in [4.69, 9.17) is 10.2 Å². The van der Waals surface area contributed by atoms with Gasteiger partial charge in [-0.1, -0.05) is 12.1 Å². The van der Waals surface area contributed by atoms with Crippen LogP contribution in [0.2, 0.25) is 0 Å². The van der Waals surface area contributed by atoms with Crippen LogP contribution in [0.4, 0.5) is 5.69 Å². The molecule has 2 aromatic carbocycles. The van der Waals surface area contributed by atoms with Crippen LogP contribution in [0.1, 0.15) is 16.1 Å². The summed E-state index contributed by atoms with van der Waals surface area (Å²) in [5.74, 6) is 1.02. The molecule has 0 unspecified atom stereocenters. The standard InChI is InChI=1S/C18H14N2O3/c19-18(22)13-3-1-12(2-4-13)17-10-9-16(23-17)11-20-14-5-7-15(21)8-6-14/h1-11,21H,(H2,19,22). The number of nitrogens with two attached hydrogens (primary N) is 1. The molecule has 0 radical (unpaired) electrons. The summed E-state index contributed by atoms with van der Waals surface area (Å²) >= 11 is 0. The Labute approximate surface area is 132 Å². The second-order valence-corrected chi connectivity index (χ2v) is 4.92. The van der Waals surface area contributed by atoms with Crippen molar-refractivity contribution in [3.63, 3.8) is 0 Å². The van der Waals surface area contributed by atoms with Crippen molar-refractivity contribution in [3.8, 4) is 17.1 Å². The number of phenolic OH excluding ortho intramolecular Hbond substituents is 1. The van der Waals surface area contributed by atoms with Gasteiger partial charge in [0.1, 0.15) is 17.3 Å². The van der Waals surface area contributed by atoms with Gasteiger partial charge in [0.25, 0.3) is 0 Å². The maximum Gasteiger partial charge on any atom is 0.248 e. The van der Waals surface area contributed by atoms with E-state index >= 15 is 0 Å². The minimum atomic E-state index is -0.460. The van der Waals surface area contributed by atoms with E-state index in [1.165, 1.54) is 0 Å². The molecule has 114 valence electrons. The molecule has 3 aromatic rings. The number of rotatable bonds is 4. The van der Waals surface area contributed by atoms with Crippen LogP contribution < -0.4 is 5.73 Å². The number of primary amides is 1. The summed E-state index contributed by atoms with van der Waals surface area (Å²) in [4.78, 5) is 15.3. The Hall–Kier alpha value is -3.34. The third kappa shape index (κ3) is 3.47. The quantitative estimate of drug-likeness (QED) is 0.723. The van der Waals surface area contributed by atoms with E-state index in [-0.39, 0.29) is 5.75 Å². The van der Waals surface area contributed by atoms with Crippen LogP contribution in [-0.2, 0) is 0 Å². The second kappa shape index (κ2) is 6.19. The van der Waals surface area contributed by atoms with Crippen molar-refractivity contribution in [1.82, 2.24) is 0 Å². The van der Waals surface area contributed by atoms with E-state index in [1.54, 1.807) is 60.8 Å². The molecule has 0 aliphatic carbocycles. The molecule has 23 heavy (non-hydrogen) atoms. The Morgan fingerprint density at radius 2 is 1.70 bits per heavy atom. The number of hydrogen-bond donors (Lipinski definition) is 2. The Morgan fingerprint density at radius 3 is 2.35 bits per heavy atom. The zero-order chi connectivity index (χ0) is 16.2. The Morgan fingerprint density at radius 1 is 1.00 bits per heavy atom. The van der Waals surface area contributed by atoms with Crippen LogP contribution in [0.15, 0.2) is 70.1 Å². The molecule has 1 aromatic heterocycles. The zero-order valence-electron chi connectivity index (χ0n) is 12.1. The molecule has 1 heterocycles. The molecule has 0 aliphatic rings. The lowest BCUT2D eigenvalue weighted by atomic mass is 10.1. The van der Waals surface area contributed by atoms with Crippen LogP contribution in [-0.4, -0.2) is 17.2 Å². The van der Waals surface area contributed by atoms with Gasteiger partial charge in [0.05, 0.1) is 11.9 Å². The first kappa shape index (κ1) is 14.6. The highest BCUT2D eigenvalue weighted by atomic mass is 16.3. The monoisotopic (exact) mass is 306 g/mol. The summed E-state index contributed by atoms with van der Waals surface area (Å²) in [6, 6.07) is 17.1. The SMILES string of the molecule is NC(=O)c1ccc(-c2ccc(C=Nc3ccc(O)cc3)o2)cc1. The van der Waals surface area contributed by atoms with Gasteiger partial charge in [-0.05, 0) is 48.5 Å². The highest BCUT2D eigenvalue weighted by Crippen LogP contribution is 2.23. The highest BCUT2D eigenvalue weighted by Gasteiger charge is 2.05. The number of furan rings is 1. The minimum Gasteiger partial charge on any atom is -0.508 e. The van der Waals surface area contributed by atoms with Crippen LogP contribution in [0.5, 0.6) is 5.75 Å². The number of aromatic hydroxyl groups is 1. The highest BCUT2D eigenvalue weighted by molar-refractivity contribution is 5.93. The minimum absolute atomic E-state index is 0.198. The number of carbonyl (C=O) groups is 1. The first-order chi connectivity index (χ1) is 11.1. The number of phenols is 1. The summed E-state index contributed by atoms with van der Waals surface area (Å²) in [7, 11) is 0. The fourth-order valence-electron chi connectivity index (χ4n) is 2.05. The van der Waals surface area contributed by atoms with Gasteiger partial charge >= 0.3 is 0 Å². The van der Waals surface area contributed by atoms with Crippen molar-refractivity contribution in [2.45, 2.75) is 0 Å². The molecular weight excluding hydrogens is 292 g/mol. The molecule has 3 N–H and O–H groups in total. The predicted octanol–water partition coefficient (Wildman–Crippen LogP) is 3.50. The maximum atomic E-state index is 11.1. The third-order valence-corrected chi connectivity index (χ3v) is 3.27. The molecule has 0 atom stereocenters. The van der Waals surface area contributed by atoms with Gasteiger partial charge in [-0.2, -0.15) is 0 Å². The third-order valence-electron chi connectivity index (χ3n) is 3.27. The van der Waals surface area contributed by atoms with E-state index in [1.807, 2.05) is 6.07 Å². The summed E-state index contributed by atoms with van der Waals surface area (Å²) in [5, 5.41) is 9.23. The van der Waals surface area contributed by atoms with Gasteiger partial charge in [-0.3, -0.25) is 9.79 Å². The summed E-state index contributed by atoms with van der Waals surface area (Å²) < 4.78 is 5.70. The van der Waals surface area contributed by atoms with E-state index < -0.39 is 5.91 Å². The molecule has 5 heteroatoms. The van der Waals surface area contributed by atoms with Crippen LogP contribution in [0.25, 0.3) is 11.3 Å². The average molecular weight is 306 g/mol. The normalized spacial score (nSPS) is 11.0. The molecule has 1 amide bonds. The van der Waals surface area contributed by atoms with Gasteiger partial charge in [0.15, 0.2) is 0 Å². The van der Waals surface area contributed by atoms with Crippen molar-refractivity contribution < 1.29 is 14.3 Å². The van der Waals surface area contributed by atoms with Crippen molar-refractivity contribution in [3.05, 3.63) is 72.0 Å². The number of benzene rings is 2. The Bertz CT molecular complexity index is 847. The largest absolute Gasteiger partial charge is 0.508 e. The Kier molecular flexibility index (Phi) is 3.93. The molecular formula is C18H14N2O3. The van der Waals surface area contributed by atoms with E-state index in [9.17, 15) is 9.90 Å². The van der Waals surface area contributed by atoms with Crippen molar-refractivity contribution in [2.75, 3.05) is 0 Å². The fraction of sp³-hybridized carbons (Fsp3) is 0. The number of nitrogens with zero attached hydrogens (tertiary/aromatic N) is 1. The van der Waals surface area contributed by atoms with Gasteiger partial charge in [-0.25, -0.2) is 0 Å². The number of amides is 1. The van der Waals surface area contributed by atoms with E-state index in [0.29, 0.717) is 22.8 Å². The molecule has 0 bridgehead atoms. The molecule has 0 aliphatic heterocycles. The Balaban J connectivity index is 1.77. The molecule has 0 saturated heterocycles. The maximum absolute atomic E-state index is 11.1. The lowest BCUT2D eigenvalue weighted by Gasteiger charge is -1.98. The van der Waals surface area contributed by atoms with Crippen molar-refractivity contribution in [1.29, 1.82) is 0 Å². The van der Waals surface area contributed by atoms with Gasteiger partial charge in [-0.15, -0.1) is 0 Å². The fourth-order valence-corrected chi connectivity index (χ4v) is 2.05. The molecule has 0 fully saturated rings. The number of hydrogen-bond acceptors (Lipinski definition) is 4. The van der Waals surface area contributed by atoms with Crippen LogP contribution in [0.3, 0.4) is 0 Å². The molecule has 5 nitrogen and oxygen atoms in total. The average Bonchev–Trinajstić information content (AvgIpc) is 3.03. The second-order valence-electron chi connectivity index (χ2n) is 4.92. The first-order valence-electron chi connectivity index (χ1n) is 6.95. The molecule has 3 rings (SSSR count).